The van der Waals surface area contributed by atoms with Gasteiger partial charge in [0.05, 0.1) is 22.6 Å². The summed E-state index contributed by atoms with van der Waals surface area (Å²) in [4.78, 5) is 25.2. The molecule has 3 aromatic rings. The number of nitrogens with one attached hydrogen (secondary N) is 3. The summed E-state index contributed by atoms with van der Waals surface area (Å²) in [5.74, 6) is -0.394. The normalized spacial score (nSPS) is 14.1. The van der Waals surface area contributed by atoms with Crippen molar-refractivity contribution in [3.05, 3.63) is 82.9 Å². The first-order valence-corrected chi connectivity index (χ1v) is 9.42. The van der Waals surface area contributed by atoms with Gasteiger partial charge in [0.1, 0.15) is 0 Å². The first-order chi connectivity index (χ1) is 13.7. The van der Waals surface area contributed by atoms with Gasteiger partial charge in [-0.3, -0.25) is 9.59 Å². The summed E-state index contributed by atoms with van der Waals surface area (Å²) in [6, 6.07) is 18.7. The molecular formula is C23H19N3O2. The fourth-order valence-electron chi connectivity index (χ4n) is 3.88. The highest BCUT2D eigenvalue weighted by molar-refractivity contribution is 6.13. The van der Waals surface area contributed by atoms with Crippen molar-refractivity contribution in [2.75, 3.05) is 16.0 Å². The lowest BCUT2D eigenvalue weighted by Gasteiger charge is -2.11. The minimum absolute atomic E-state index is 0.196. The maximum atomic E-state index is 12.7. The summed E-state index contributed by atoms with van der Waals surface area (Å²) in [6.07, 6.45) is 3.35. The summed E-state index contributed by atoms with van der Waals surface area (Å²) in [7, 11) is 0. The Balaban J connectivity index is 1.41. The second-order valence-corrected chi connectivity index (χ2v) is 7.18. The molecule has 0 saturated heterocycles. The molecule has 0 aromatic heterocycles. The van der Waals surface area contributed by atoms with Crippen LogP contribution in [0, 0.1) is 0 Å². The second-order valence-electron chi connectivity index (χ2n) is 7.18. The van der Waals surface area contributed by atoms with Crippen LogP contribution >= 0.6 is 0 Å². The standard InChI is InChI=1S/C23H19N3O2/c27-22(24-17-10-8-14-4-3-5-15(14)12-17)16-9-11-20-21(13-16)26-23(28)18-6-1-2-7-19(18)25-20/h1-2,6-13,25H,3-5H2,(H,24,27)(H,26,28). The molecule has 3 N–H and O–H groups in total. The molecule has 28 heavy (non-hydrogen) atoms. The highest BCUT2D eigenvalue weighted by atomic mass is 16.2. The quantitative estimate of drug-likeness (QED) is 0.611. The van der Waals surface area contributed by atoms with Crippen molar-refractivity contribution in [1.29, 1.82) is 0 Å². The Morgan fingerprint density at radius 1 is 0.821 bits per heavy atom. The number of para-hydroxylation sites is 1. The fourth-order valence-corrected chi connectivity index (χ4v) is 3.88. The third-order valence-corrected chi connectivity index (χ3v) is 5.33. The van der Waals surface area contributed by atoms with Gasteiger partial charge in [-0.05, 0) is 72.9 Å². The van der Waals surface area contributed by atoms with Crippen molar-refractivity contribution in [2.45, 2.75) is 19.3 Å². The molecule has 0 fully saturated rings. The van der Waals surface area contributed by atoms with Gasteiger partial charge in [-0.15, -0.1) is 0 Å². The molecule has 0 unspecified atom stereocenters. The van der Waals surface area contributed by atoms with E-state index in [1.807, 2.05) is 30.3 Å². The minimum atomic E-state index is -0.197. The summed E-state index contributed by atoms with van der Waals surface area (Å²) in [6.45, 7) is 0. The monoisotopic (exact) mass is 369 g/mol. The SMILES string of the molecule is O=C(Nc1ccc2c(c1)CCC2)c1ccc2c(c1)NC(=O)c1ccccc1N2. The Morgan fingerprint density at radius 3 is 2.61 bits per heavy atom. The first kappa shape index (κ1) is 16.6. The zero-order valence-corrected chi connectivity index (χ0v) is 15.2. The van der Waals surface area contributed by atoms with E-state index in [0.717, 1.165) is 29.9 Å². The van der Waals surface area contributed by atoms with E-state index in [0.29, 0.717) is 16.8 Å². The van der Waals surface area contributed by atoms with Crippen LogP contribution in [0.2, 0.25) is 0 Å². The van der Waals surface area contributed by atoms with E-state index in [4.69, 9.17) is 0 Å². The molecule has 3 aromatic carbocycles. The Bertz CT molecular complexity index is 1120. The summed E-state index contributed by atoms with van der Waals surface area (Å²) in [5, 5.41) is 9.12. The molecule has 0 atom stereocenters. The van der Waals surface area contributed by atoms with E-state index in [9.17, 15) is 9.59 Å². The number of aryl methyl sites for hydroxylation is 2. The number of carbonyl (C=O) groups excluding carboxylic acids is 2. The van der Waals surface area contributed by atoms with Gasteiger partial charge in [0.2, 0.25) is 0 Å². The molecule has 0 saturated carbocycles. The maximum absolute atomic E-state index is 12.7. The molecule has 5 heteroatoms. The lowest BCUT2D eigenvalue weighted by Crippen LogP contribution is -2.14. The molecule has 0 bridgehead atoms. The average Bonchev–Trinajstić information content (AvgIpc) is 3.11. The molecule has 5 rings (SSSR count). The molecule has 0 radical (unpaired) electrons. The maximum Gasteiger partial charge on any atom is 0.257 e. The van der Waals surface area contributed by atoms with E-state index in [1.54, 1.807) is 18.2 Å². The van der Waals surface area contributed by atoms with Crippen molar-refractivity contribution >= 4 is 34.6 Å². The van der Waals surface area contributed by atoms with Crippen LogP contribution in [0.25, 0.3) is 0 Å². The second kappa shape index (κ2) is 6.53. The molecule has 1 aliphatic carbocycles. The van der Waals surface area contributed by atoms with Crippen LogP contribution in [-0.2, 0) is 12.8 Å². The number of carbonyl (C=O) groups is 2. The molecule has 1 aliphatic heterocycles. The minimum Gasteiger partial charge on any atom is -0.353 e. The first-order valence-electron chi connectivity index (χ1n) is 9.42. The fraction of sp³-hybridized carbons (Fsp3) is 0.130. The van der Waals surface area contributed by atoms with E-state index in [-0.39, 0.29) is 11.8 Å². The lowest BCUT2D eigenvalue weighted by atomic mass is 10.1. The number of hydrogen-bond acceptors (Lipinski definition) is 3. The predicted molar refractivity (Wildman–Crippen MR) is 111 cm³/mol. The third-order valence-electron chi connectivity index (χ3n) is 5.33. The van der Waals surface area contributed by atoms with Crippen molar-refractivity contribution in [1.82, 2.24) is 0 Å². The Labute approximate surface area is 162 Å². The topological polar surface area (TPSA) is 70.2 Å². The van der Waals surface area contributed by atoms with Crippen LogP contribution in [-0.4, -0.2) is 11.8 Å². The number of benzene rings is 3. The van der Waals surface area contributed by atoms with Gasteiger partial charge in [0.25, 0.3) is 11.8 Å². The molecule has 0 spiro atoms. The van der Waals surface area contributed by atoms with Crippen LogP contribution in [0.4, 0.5) is 22.7 Å². The van der Waals surface area contributed by atoms with E-state index >= 15 is 0 Å². The third kappa shape index (κ3) is 2.91. The lowest BCUT2D eigenvalue weighted by molar-refractivity contribution is 0.101. The van der Waals surface area contributed by atoms with Crippen LogP contribution < -0.4 is 16.0 Å². The van der Waals surface area contributed by atoms with Crippen LogP contribution in [0.15, 0.2) is 60.7 Å². The summed E-state index contributed by atoms with van der Waals surface area (Å²) < 4.78 is 0. The van der Waals surface area contributed by atoms with Crippen LogP contribution in [0.1, 0.15) is 38.3 Å². The zero-order valence-electron chi connectivity index (χ0n) is 15.2. The van der Waals surface area contributed by atoms with Crippen LogP contribution in [0.3, 0.4) is 0 Å². The molecule has 2 amide bonds. The summed E-state index contributed by atoms with van der Waals surface area (Å²) in [5.41, 5.74) is 6.64. The molecule has 1 heterocycles. The Kier molecular flexibility index (Phi) is 3.86. The van der Waals surface area contributed by atoms with Gasteiger partial charge in [-0.1, -0.05) is 18.2 Å². The number of fused-ring (bicyclic) bond motifs is 3. The van der Waals surface area contributed by atoms with E-state index < -0.39 is 0 Å². The number of amides is 2. The molecular weight excluding hydrogens is 350 g/mol. The molecule has 138 valence electrons. The largest absolute Gasteiger partial charge is 0.353 e. The average molecular weight is 369 g/mol. The number of rotatable bonds is 2. The Morgan fingerprint density at radius 2 is 1.68 bits per heavy atom. The Hall–Kier alpha value is -3.60. The molecule has 5 nitrogen and oxygen atoms in total. The highest BCUT2D eigenvalue weighted by Crippen LogP contribution is 2.33. The van der Waals surface area contributed by atoms with Crippen molar-refractivity contribution < 1.29 is 9.59 Å². The van der Waals surface area contributed by atoms with Crippen molar-refractivity contribution in [3.63, 3.8) is 0 Å². The zero-order chi connectivity index (χ0) is 19.1. The predicted octanol–water partition coefficient (Wildman–Crippen LogP) is 4.74. The van der Waals surface area contributed by atoms with Crippen molar-refractivity contribution in [2.24, 2.45) is 0 Å². The summed E-state index contributed by atoms with van der Waals surface area (Å²) >= 11 is 0. The van der Waals surface area contributed by atoms with Crippen molar-refractivity contribution in [3.8, 4) is 0 Å². The van der Waals surface area contributed by atoms with Crippen LogP contribution in [0.5, 0.6) is 0 Å². The van der Waals surface area contributed by atoms with Gasteiger partial charge >= 0.3 is 0 Å². The van der Waals surface area contributed by atoms with Gasteiger partial charge in [-0.2, -0.15) is 0 Å². The number of anilines is 4. The van der Waals surface area contributed by atoms with E-state index in [2.05, 4.69) is 28.1 Å². The van der Waals surface area contributed by atoms with Gasteiger partial charge in [0, 0.05) is 11.3 Å². The smallest absolute Gasteiger partial charge is 0.257 e. The van der Waals surface area contributed by atoms with Gasteiger partial charge in [0.15, 0.2) is 0 Å². The van der Waals surface area contributed by atoms with E-state index in [1.165, 1.54) is 17.5 Å². The van der Waals surface area contributed by atoms with Gasteiger partial charge in [-0.25, -0.2) is 0 Å². The van der Waals surface area contributed by atoms with Gasteiger partial charge < -0.3 is 16.0 Å². The highest BCUT2D eigenvalue weighted by Gasteiger charge is 2.20. The number of hydrogen-bond donors (Lipinski definition) is 3. The molecule has 2 aliphatic rings.